The molecule has 0 unspecified atom stereocenters. The second-order valence-electron chi connectivity index (χ2n) is 5.35. The molecule has 1 aromatic carbocycles. The fraction of sp³-hybridized carbons (Fsp3) is 0.312. The van der Waals surface area contributed by atoms with Crippen molar-refractivity contribution in [1.82, 2.24) is 14.9 Å². The Labute approximate surface area is 144 Å². The first-order chi connectivity index (χ1) is 11.5. The lowest BCUT2D eigenvalue weighted by Gasteiger charge is -2.28. The predicted molar refractivity (Wildman–Crippen MR) is 89.4 cm³/mol. The van der Waals surface area contributed by atoms with E-state index in [0.717, 1.165) is 5.56 Å². The van der Waals surface area contributed by atoms with Gasteiger partial charge in [-0.3, -0.25) is 4.79 Å². The van der Waals surface area contributed by atoms with Gasteiger partial charge in [0.25, 0.3) is 5.91 Å². The Bertz CT molecular complexity index is 797. The van der Waals surface area contributed by atoms with Crippen LogP contribution >= 0.6 is 11.6 Å². The molecule has 1 aliphatic heterocycles. The summed E-state index contributed by atoms with van der Waals surface area (Å²) in [4.78, 5) is 22.4. The lowest BCUT2D eigenvalue weighted by atomic mass is 10.0. The molecule has 3 rings (SSSR count). The van der Waals surface area contributed by atoms with Gasteiger partial charge in [0.1, 0.15) is 22.3 Å². The van der Waals surface area contributed by atoms with Gasteiger partial charge < -0.3 is 20.1 Å². The number of hydrogen-bond acceptors (Lipinski definition) is 6. The van der Waals surface area contributed by atoms with Crippen molar-refractivity contribution in [2.45, 2.75) is 13.0 Å². The third-order valence-electron chi connectivity index (χ3n) is 3.95. The van der Waals surface area contributed by atoms with E-state index in [1.165, 1.54) is 0 Å². The maximum Gasteiger partial charge on any atom is 0.273 e. The Morgan fingerprint density at radius 3 is 2.79 bits per heavy atom. The van der Waals surface area contributed by atoms with E-state index in [4.69, 9.17) is 26.8 Å². The summed E-state index contributed by atoms with van der Waals surface area (Å²) >= 11 is 6.07. The first-order valence-electron chi connectivity index (χ1n) is 7.35. The zero-order valence-electron chi connectivity index (χ0n) is 13.4. The molecule has 0 saturated carbocycles. The summed E-state index contributed by atoms with van der Waals surface area (Å²) in [6.07, 6.45) is 0.582. The molecule has 1 aromatic heterocycles. The van der Waals surface area contributed by atoms with E-state index in [2.05, 4.69) is 9.97 Å². The highest BCUT2D eigenvalue weighted by molar-refractivity contribution is 6.30. The van der Waals surface area contributed by atoms with E-state index < -0.39 is 0 Å². The molecule has 8 heteroatoms. The zero-order valence-corrected chi connectivity index (χ0v) is 14.1. The first-order valence-corrected chi connectivity index (χ1v) is 7.73. The lowest BCUT2D eigenvalue weighted by Crippen LogP contribution is -2.38. The Morgan fingerprint density at radius 1 is 1.29 bits per heavy atom. The van der Waals surface area contributed by atoms with Crippen molar-refractivity contribution < 1.29 is 14.3 Å². The van der Waals surface area contributed by atoms with Crippen LogP contribution in [-0.4, -0.2) is 41.5 Å². The van der Waals surface area contributed by atoms with Gasteiger partial charge in [0, 0.05) is 30.3 Å². The van der Waals surface area contributed by atoms with Crippen molar-refractivity contribution in [1.29, 1.82) is 0 Å². The van der Waals surface area contributed by atoms with Crippen molar-refractivity contribution in [2.75, 3.05) is 26.5 Å². The Balaban J connectivity index is 1.88. The second-order valence-corrected chi connectivity index (χ2v) is 5.71. The third-order valence-corrected chi connectivity index (χ3v) is 4.26. The van der Waals surface area contributed by atoms with Crippen LogP contribution < -0.4 is 15.2 Å². The number of aromatic nitrogens is 2. The van der Waals surface area contributed by atoms with Crippen LogP contribution in [0.15, 0.2) is 18.2 Å². The molecular weight excluding hydrogens is 332 g/mol. The molecule has 0 saturated heterocycles. The van der Waals surface area contributed by atoms with Crippen molar-refractivity contribution in [2.24, 2.45) is 0 Å². The molecule has 1 aliphatic rings. The van der Waals surface area contributed by atoms with E-state index >= 15 is 0 Å². The van der Waals surface area contributed by atoms with Gasteiger partial charge in [0.2, 0.25) is 5.95 Å². The highest BCUT2D eigenvalue weighted by Crippen LogP contribution is 2.29. The monoisotopic (exact) mass is 348 g/mol. The number of nitrogens with zero attached hydrogens (tertiary/aromatic N) is 3. The zero-order chi connectivity index (χ0) is 17.3. The molecule has 0 spiro atoms. The highest BCUT2D eigenvalue weighted by atomic mass is 35.5. The summed E-state index contributed by atoms with van der Waals surface area (Å²) in [6, 6.07) is 5.49. The summed E-state index contributed by atoms with van der Waals surface area (Å²) in [5.74, 6) is 1.13. The molecular formula is C16H17ClN4O3. The van der Waals surface area contributed by atoms with Crippen LogP contribution in [0.3, 0.4) is 0 Å². The molecule has 0 radical (unpaired) electrons. The van der Waals surface area contributed by atoms with Gasteiger partial charge >= 0.3 is 0 Å². The van der Waals surface area contributed by atoms with E-state index in [1.807, 2.05) is 12.1 Å². The molecule has 24 heavy (non-hydrogen) atoms. The van der Waals surface area contributed by atoms with Gasteiger partial charge in [-0.05, 0) is 18.6 Å². The van der Waals surface area contributed by atoms with Gasteiger partial charge in [-0.2, -0.15) is 0 Å². The van der Waals surface area contributed by atoms with Crippen molar-refractivity contribution >= 4 is 23.5 Å². The van der Waals surface area contributed by atoms with Crippen LogP contribution in [0.2, 0.25) is 5.15 Å². The first kappa shape index (κ1) is 16.3. The maximum atomic E-state index is 12.7. The average Bonchev–Trinajstić information content (AvgIpc) is 2.58. The number of halogens is 1. The van der Waals surface area contributed by atoms with Crippen LogP contribution in [0, 0.1) is 0 Å². The number of rotatable bonds is 4. The molecule has 0 atom stereocenters. The fourth-order valence-electron chi connectivity index (χ4n) is 2.71. The van der Waals surface area contributed by atoms with Gasteiger partial charge in [0.15, 0.2) is 0 Å². The van der Waals surface area contributed by atoms with Gasteiger partial charge in [0.05, 0.1) is 14.2 Å². The average molecular weight is 349 g/mol. The number of benzene rings is 1. The topological polar surface area (TPSA) is 90.6 Å². The summed E-state index contributed by atoms with van der Waals surface area (Å²) < 4.78 is 10.6. The number of nitrogens with two attached hydrogens (primary N) is 1. The number of fused-ring (bicyclic) bond motifs is 1. The molecule has 1 amide bonds. The highest BCUT2D eigenvalue weighted by Gasteiger charge is 2.29. The summed E-state index contributed by atoms with van der Waals surface area (Å²) in [5, 5.41) is 0.243. The minimum atomic E-state index is -0.217. The van der Waals surface area contributed by atoms with Crippen LogP contribution in [0.25, 0.3) is 0 Å². The quantitative estimate of drug-likeness (QED) is 0.849. The van der Waals surface area contributed by atoms with E-state index in [1.54, 1.807) is 25.2 Å². The van der Waals surface area contributed by atoms with Crippen molar-refractivity contribution in [3.05, 3.63) is 40.2 Å². The number of anilines is 1. The SMILES string of the molecule is COc1ccc(CN2CCc3c(Cl)nc(N)nc3C2=O)c(OC)c1. The number of amides is 1. The largest absolute Gasteiger partial charge is 0.497 e. The second kappa shape index (κ2) is 6.52. The van der Waals surface area contributed by atoms with Crippen LogP contribution in [0.4, 0.5) is 5.95 Å². The van der Waals surface area contributed by atoms with Crippen molar-refractivity contribution in [3.63, 3.8) is 0 Å². The molecule has 0 fully saturated rings. The fourth-order valence-corrected chi connectivity index (χ4v) is 2.98. The number of carbonyl (C=O) groups is 1. The molecule has 7 nitrogen and oxygen atoms in total. The molecule has 2 N–H and O–H groups in total. The number of methoxy groups -OCH3 is 2. The minimum Gasteiger partial charge on any atom is -0.497 e. The smallest absolute Gasteiger partial charge is 0.273 e. The predicted octanol–water partition coefficient (Wildman–Crippen LogP) is 1.93. The van der Waals surface area contributed by atoms with Crippen molar-refractivity contribution in [3.8, 4) is 11.5 Å². The summed E-state index contributed by atoms with van der Waals surface area (Å²) in [5.41, 5.74) is 7.40. The Morgan fingerprint density at radius 2 is 2.08 bits per heavy atom. The third kappa shape index (κ3) is 2.94. The molecule has 2 aromatic rings. The van der Waals surface area contributed by atoms with E-state index in [9.17, 15) is 4.79 Å². The molecule has 0 aliphatic carbocycles. The Hall–Kier alpha value is -2.54. The van der Waals surface area contributed by atoms with Gasteiger partial charge in [-0.25, -0.2) is 9.97 Å². The number of carbonyl (C=O) groups excluding carboxylic acids is 1. The minimum absolute atomic E-state index is 0.00372. The van der Waals surface area contributed by atoms with E-state index in [0.29, 0.717) is 36.6 Å². The van der Waals surface area contributed by atoms with Crippen LogP contribution in [0.1, 0.15) is 21.6 Å². The number of nitrogen functional groups attached to an aromatic ring is 1. The summed E-state index contributed by atoms with van der Waals surface area (Å²) in [7, 11) is 3.17. The molecule has 126 valence electrons. The molecule has 0 bridgehead atoms. The molecule has 2 heterocycles. The number of ether oxygens (including phenoxy) is 2. The number of hydrogen-bond donors (Lipinski definition) is 1. The standard InChI is InChI=1S/C16H17ClN4O3/c1-23-10-4-3-9(12(7-10)24-2)8-21-6-5-11-13(15(21)22)19-16(18)20-14(11)17/h3-4,7H,5-6,8H2,1-2H3,(H2,18,19,20). The maximum absolute atomic E-state index is 12.7. The van der Waals surface area contributed by atoms with E-state index in [-0.39, 0.29) is 22.7 Å². The normalized spacial score (nSPS) is 13.6. The van der Waals surface area contributed by atoms with Gasteiger partial charge in [-0.1, -0.05) is 11.6 Å². The van der Waals surface area contributed by atoms with Crippen LogP contribution in [0.5, 0.6) is 11.5 Å². The summed E-state index contributed by atoms with van der Waals surface area (Å²) in [6.45, 7) is 0.918. The van der Waals surface area contributed by atoms with Gasteiger partial charge in [-0.15, -0.1) is 0 Å². The lowest BCUT2D eigenvalue weighted by molar-refractivity contribution is 0.0718. The Kier molecular flexibility index (Phi) is 4.44. The van der Waals surface area contributed by atoms with Crippen LogP contribution in [-0.2, 0) is 13.0 Å².